The highest BCUT2D eigenvalue weighted by molar-refractivity contribution is 5.26. The van der Waals surface area contributed by atoms with Gasteiger partial charge in [0.2, 0.25) is 0 Å². The van der Waals surface area contributed by atoms with Crippen molar-refractivity contribution in [1.82, 2.24) is 4.90 Å². The lowest BCUT2D eigenvalue weighted by Gasteiger charge is -2.33. The lowest BCUT2D eigenvalue weighted by molar-refractivity contribution is 0.0254. The van der Waals surface area contributed by atoms with Crippen LogP contribution in [0.1, 0.15) is 17.2 Å². The molecule has 1 aliphatic rings. The van der Waals surface area contributed by atoms with Crippen LogP contribution in [-0.2, 0) is 4.74 Å². The number of nitrogens with zero attached hydrogens (tertiary/aromatic N) is 1. The van der Waals surface area contributed by atoms with Gasteiger partial charge in [0.15, 0.2) is 0 Å². The third-order valence-electron chi connectivity index (χ3n) is 3.08. The van der Waals surface area contributed by atoms with Gasteiger partial charge in [-0.05, 0) is 12.5 Å². The first kappa shape index (κ1) is 11.4. The number of ether oxygens (including phenoxy) is 1. The van der Waals surface area contributed by atoms with E-state index in [-0.39, 0.29) is 0 Å². The largest absolute Gasteiger partial charge is 0.379 e. The minimum atomic E-state index is 0.324. The average molecular weight is 217 g/mol. The first-order valence-electron chi connectivity index (χ1n) is 5.82. The zero-order chi connectivity index (χ0) is 11.4. The van der Waals surface area contributed by atoms with Crippen LogP contribution >= 0.6 is 0 Å². The summed E-state index contributed by atoms with van der Waals surface area (Å²) in [7, 11) is 0. The van der Waals surface area contributed by atoms with Gasteiger partial charge in [0.25, 0.3) is 0 Å². The highest BCUT2D eigenvalue weighted by Gasteiger charge is 2.19. The van der Waals surface area contributed by atoms with Crippen LogP contribution in [0, 0.1) is 6.92 Å². The quantitative estimate of drug-likeness (QED) is 0.721. The second kappa shape index (κ2) is 5.28. The van der Waals surface area contributed by atoms with Gasteiger partial charge in [-0.1, -0.05) is 35.9 Å². The van der Waals surface area contributed by atoms with Crippen LogP contribution in [0.15, 0.2) is 36.9 Å². The van der Waals surface area contributed by atoms with E-state index in [1.165, 1.54) is 11.1 Å². The van der Waals surface area contributed by atoms with E-state index >= 15 is 0 Å². The summed E-state index contributed by atoms with van der Waals surface area (Å²) in [6, 6.07) is 9.02. The Labute approximate surface area is 97.5 Å². The van der Waals surface area contributed by atoms with Crippen molar-refractivity contribution >= 4 is 0 Å². The lowest BCUT2D eigenvalue weighted by atomic mass is 10.0. The molecule has 0 amide bonds. The molecule has 2 rings (SSSR count). The van der Waals surface area contributed by atoms with E-state index in [2.05, 4.69) is 42.7 Å². The van der Waals surface area contributed by atoms with Gasteiger partial charge >= 0.3 is 0 Å². The Kier molecular flexibility index (Phi) is 3.75. The molecule has 0 aromatic heterocycles. The molecule has 86 valence electrons. The van der Waals surface area contributed by atoms with Crippen LogP contribution in [0.25, 0.3) is 0 Å². The minimum absolute atomic E-state index is 0.324. The number of aryl methyl sites for hydroxylation is 1. The molecular formula is C14H19NO. The molecule has 1 aromatic rings. The molecule has 2 nitrogen and oxygen atoms in total. The van der Waals surface area contributed by atoms with Crippen molar-refractivity contribution in [3.8, 4) is 0 Å². The second-order valence-corrected chi connectivity index (χ2v) is 4.24. The molecule has 0 saturated carbocycles. The third-order valence-corrected chi connectivity index (χ3v) is 3.08. The van der Waals surface area contributed by atoms with E-state index in [4.69, 9.17) is 4.74 Å². The van der Waals surface area contributed by atoms with Crippen molar-refractivity contribution in [2.24, 2.45) is 0 Å². The molecule has 0 aliphatic carbocycles. The highest BCUT2D eigenvalue weighted by atomic mass is 16.5. The second-order valence-electron chi connectivity index (χ2n) is 4.24. The maximum Gasteiger partial charge on any atom is 0.0594 e. The Morgan fingerprint density at radius 3 is 2.44 bits per heavy atom. The van der Waals surface area contributed by atoms with Gasteiger partial charge < -0.3 is 4.74 Å². The molecule has 16 heavy (non-hydrogen) atoms. The maximum atomic E-state index is 5.37. The van der Waals surface area contributed by atoms with Gasteiger partial charge in [0.1, 0.15) is 0 Å². The monoisotopic (exact) mass is 217 g/mol. The summed E-state index contributed by atoms with van der Waals surface area (Å²) in [5.41, 5.74) is 2.62. The molecule has 0 bridgehead atoms. The zero-order valence-corrected chi connectivity index (χ0v) is 9.86. The van der Waals surface area contributed by atoms with E-state index in [9.17, 15) is 0 Å². The molecule has 1 fully saturated rings. The number of hydrogen-bond donors (Lipinski definition) is 0. The molecule has 2 heteroatoms. The topological polar surface area (TPSA) is 12.5 Å². The van der Waals surface area contributed by atoms with Gasteiger partial charge in [-0.25, -0.2) is 0 Å². The van der Waals surface area contributed by atoms with Gasteiger partial charge in [-0.2, -0.15) is 0 Å². The normalized spacial score (nSPS) is 19.3. The van der Waals surface area contributed by atoms with E-state index in [1.807, 2.05) is 6.08 Å². The van der Waals surface area contributed by atoms with Crippen LogP contribution < -0.4 is 0 Å². The van der Waals surface area contributed by atoms with E-state index in [1.54, 1.807) is 0 Å². The number of hydrogen-bond acceptors (Lipinski definition) is 2. The summed E-state index contributed by atoms with van der Waals surface area (Å²) in [5.74, 6) is 0. The molecule has 1 unspecified atom stereocenters. The molecule has 0 spiro atoms. The average Bonchev–Trinajstić information content (AvgIpc) is 2.34. The Bertz CT molecular complexity index is 338. The predicted octanol–water partition coefficient (Wildman–Crippen LogP) is 2.55. The summed E-state index contributed by atoms with van der Waals surface area (Å²) in [6.45, 7) is 9.71. The van der Waals surface area contributed by atoms with Crippen molar-refractivity contribution in [1.29, 1.82) is 0 Å². The van der Waals surface area contributed by atoms with E-state index in [0.717, 1.165) is 26.3 Å². The van der Waals surface area contributed by atoms with Crippen molar-refractivity contribution in [3.05, 3.63) is 48.0 Å². The van der Waals surface area contributed by atoms with Crippen LogP contribution in [0.4, 0.5) is 0 Å². The van der Waals surface area contributed by atoms with Crippen molar-refractivity contribution in [2.75, 3.05) is 26.3 Å². The Morgan fingerprint density at radius 2 is 1.88 bits per heavy atom. The van der Waals surface area contributed by atoms with Crippen LogP contribution in [-0.4, -0.2) is 31.2 Å². The Morgan fingerprint density at radius 1 is 1.25 bits per heavy atom. The summed E-state index contributed by atoms with van der Waals surface area (Å²) in [6.07, 6.45) is 2.02. The van der Waals surface area contributed by atoms with Crippen LogP contribution in [0.3, 0.4) is 0 Å². The minimum Gasteiger partial charge on any atom is -0.379 e. The first-order chi connectivity index (χ1) is 7.81. The van der Waals surface area contributed by atoms with Gasteiger partial charge in [0, 0.05) is 13.1 Å². The Hall–Kier alpha value is -1.12. The summed E-state index contributed by atoms with van der Waals surface area (Å²) in [5, 5.41) is 0. The fourth-order valence-electron chi connectivity index (χ4n) is 2.12. The number of benzene rings is 1. The van der Waals surface area contributed by atoms with Gasteiger partial charge in [-0.3, -0.25) is 4.90 Å². The van der Waals surface area contributed by atoms with Crippen LogP contribution in [0.2, 0.25) is 0 Å². The maximum absolute atomic E-state index is 5.37. The lowest BCUT2D eigenvalue weighted by Crippen LogP contribution is -2.38. The molecule has 1 aromatic carbocycles. The summed E-state index contributed by atoms with van der Waals surface area (Å²) >= 11 is 0. The predicted molar refractivity (Wildman–Crippen MR) is 66.5 cm³/mol. The fourth-order valence-corrected chi connectivity index (χ4v) is 2.12. The fraction of sp³-hybridized carbons (Fsp3) is 0.429. The SMILES string of the molecule is C=CC(c1ccc(C)cc1)N1CCOCC1. The molecule has 0 N–H and O–H groups in total. The molecule has 0 radical (unpaired) electrons. The number of morpholine rings is 1. The molecule has 1 atom stereocenters. The molecule has 1 aliphatic heterocycles. The van der Waals surface area contributed by atoms with Crippen molar-refractivity contribution in [3.63, 3.8) is 0 Å². The summed E-state index contributed by atoms with van der Waals surface area (Å²) in [4.78, 5) is 2.42. The standard InChI is InChI=1S/C14H19NO/c1-3-14(15-8-10-16-11-9-15)13-6-4-12(2)5-7-13/h3-7,14H,1,8-11H2,2H3. The molecular weight excluding hydrogens is 198 g/mol. The van der Waals surface area contributed by atoms with Crippen LogP contribution in [0.5, 0.6) is 0 Å². The van der Waals surface area contributed by atoms with E-state index < -0.39 is 0 Å². The summed E-state index contributed by atoms with van der Waals surface area (Å²) < 4.78 is 5.37. The zero-order valence-electron chi connectivity index (χ0n) is 9.86. The third kappa shape index (κ3) is 2.52. The molecule has 1 saturated heterocycles. The van der Waals surface area contributed by atoms with Gasteiger partial charge in [0.05, 0.1) is 19.3 Å². The smallest absolute Gasteiger partial charge is 0.0594 e. The highest BCUT2D eigenvalue weighted by Crippen LogP contribution is 2.22. The van der Waals surface area contributed by atoms with Crippen molar-refractivity contribution < 1.29 is 4.74 Å². The Balaban J connectivity index is 2.14. The van der Waals surface area contributed by atoms with E-state index in [0.29, 0.717) is 6.04 Å². The number of rotatable bonds is 3. The first-order valence-corrected chi connectivity index (χ1v) is 5.82. The van der Waals surface area contributed by atoms with Gasteiger partial charge in [-0.15, -0.1) is 6.58 Å². The molecule has 1 heterocycles. The van der Waals surface area contributed by atoms with Crippen molar-refractivity contribution in [2.45, 2.75) is 13.0 Å².